The van der Waals surface area contributed by atoms with Crippen molar-refractivity contribution >= 4 is 17.5 Å². The molecule has 3 aliphatic rings. The van der Waals surface area contributed by atoms with Crippen molar-refractivity contribution in [3.8, 4) is 11.5 Å². The normalized spacial score (nSPS) is 22.9. The number of likely N-dealkylation sites (tertiary alicyclic amines) is 1. The number of rotatable bonds is 5. The first kappa shape index (κ1) is 19.1. The number of fused-ring (bicyclic) bond motifs is 1. The Kier molecular flexibility index (Phi) is 5.21. The molecule has 1 aliphatic carbocycles. The van der Waals surface area contributed by atoms with E-state index >= 15 is 0 Å². The largest absolute Gasteiger partial charge is 0.448 e. The molecule has 2 aliphatic heterocycles. The molecule has 1 aromatic rings. The second kappa shape index (κ2) is 7.64. The van der Waals surface area contributed by atoms with Crippen molar-refractivity contribution in [2.24, 2.45) is 5.92 Å². The molecule has 1 spiro atoms. The maximum atomic E-state index is 12.7. The van der Waals surface area contributed by atoms with Gasteiger partial charge in [-0.05, 0) is 37.8 Å². The number of benzene rings is 1. The average molecular weight is 386 g/mol. The Balaban J connectivity index is 1.40. The van der Waals surface area contributed by atoms with Gasteiger partial charge in [0.15, 0.2) is 11.5 Å². The van der Waals surface area contributed by atoms with Gasteiger partial charge in [0.2, 0.25) is 11.8 Å². The highest BCUT2D eigenvalue weighted by Gasteiger charge is 2.42. The molecular formula is C22H30N2O4. The van der Waals surface area contributed by atoms with Gasteiger partial charge in [-0.25, -0.2) is 0 Å². The van der Waals surface area contributed by atoms with E-state index in [1.54, 1.807) is 0 Å². The van der Waals surface area contributed by atoms with Crippen molar-refractivity contribution in [1.29, 1.82) is 0 Å². The third-order valence-electron chi connectivity index (χ3n) is 6.33. The monoisotopic (exact) mass is 386 g/mol. The zero-order valence-electron chi connectivity index (χ0n) is 16.8. The third kappa shape index (κ3) is 3.56. The molecule has 1 unspecified atom stereocenters. The van der Waals surface area contributed by atoms with E-state index in [1.807, 2.05) is 23.1 Å². The summed E-state index contributed by atoms with van der Waals surface area (Å²) in [4.78, 5) is 26.9. The molecule has 0 radical (unpaired) electrons. The van der Waals surface area contributed by atoms with Gasteiger partial charge in [-0.3, -0.25) is 9.59 Å². The van der Waals surface area contributed by atoms with Crippen molar-refractivity contribution in [3.05, 3.63) is 18.2 Å². The van der Waals surface area contributed by atoms with Crippen molar-refractivity contribution in [1.82, 2.24) is 4.90 Å². The van der Waals surface area contributed by atoms with E-state index in [-0.39, 0.29) is 30.2 Å². The summed E-state index contributed by atoms with van der Waals surface area (Å²) < 4.78 is 12.2. The summed E-state index contributed by atoms with van der Waals surface area (Å²) >= 11 is 0. The van der Waals surface area contributed by atoms with Crippen molar-refractivity contribution < 1.29 is 19.1 Å². The van der Waals surface area contributed by atoms with Crippen molar-refractivity contribution in [3.63, 3.8) is 0 Å². The maximum absolute atomic E-state index is 12.7. The number of amides is 2. The fourth-order valence-electron chi connectivity index (χ4n) is 4.70. The molecule has 0 bridgehead atoms. The standard InChI is InChI=1S/C22H30N2O4/c1-3-17(4-2)24-14-15(12-20(24)25)21(26)23-16-8-9-18-19(13-16)28-22(27-18)10-6-5-7-11-22/h8-9,13,15,17H,3-7,10-12,14H2,1-2H3,(H,23,26). The highest BCUT2D eigenvalue weighted by molar-refractivity contribution is 5.97. The van der Waals surface area contributed by atoms with E-state index in [0.29, 0.717) is 18.0 Å². The van der Waals surface area contributed by atoms with Crippen molar-refractivity contribution in [2.75, 3.05) is 11.9 Å². The van der Waals surface area contributed by atoms with Crippen LogP contribution >= 0.6 is 0 Å². The summed E-state index contributed by atoms with van der Waals surface area (Å²) in [6.07, 6.45) is 7.37. The van der Waals surface area contributed by atoms with E-state index in [1.165, 1.54) is 6.42 Å². The van der Waals surface area contributed by atoms with Gasteiger partial charge < -0.3 is 19.7 Å². The van der Waals surface area contributed by atoms with Crippen LogP contribution in [0.1, 0.15) is 65.2 Å². The Hall–Kier alpha value is -2.24. The van der Waals surface area contributed by atoms with Gasteiger partial charge >= 0.3 is 0 Å². The molecule has 2 fully saturated rings. The lowest BCUT2D eigenvalue weighted by Crippen LogP contribution is -2.40. The molecule has 1 saturated heterocycles. The lowest BCUT2D eigenvalue weighted by molar-refractivity contribution is -0.130. The number of hydrogen-bond donors (Lipinski definition) is 1. The van der Waals surface area contributed by atoms with E-state index in [4.69, 9.17) is 9.47 Å². The summed E-state index contributed by atoms with van der Waals surface area (Å²) in [5, 5.41) is 2.97. The van der Waals surface area contributed by atoms with Crippen LogP contribution in [0.2, 0.25) is 0 Å². The van der Waals surface area contributed by atoms with E-state index < -0.39 is 5.79 Å². The topological polar surface area (TPSA) is 67.9 Å². The number of anilines is 1. The Bertz CT molecular complexity index is 753. The number of carbonyl (C=O) groups is 2. The van der Waals surface area contributed by atoms with Crippen LogP contribution in [0.5, 0.6) is 11.5 Å². The van der Waals surface area contributed by atoms with Crippen LogP contribution in [0.4, 0.5) is 5.69 Å². The van der Waals surface area contributed by atoms with Gasteiger partial charge in [-0.15, -0.1) is 0 Å². The third-order valence-corrected chi connectivity index (χ3v) is 6.33. The second-order valence-electron chi connectivity index (χ2n) is 8.24. The van der Waals surface area contributed by atoms with Crippen molar-refractivity contribution in [2.45, 2.75) is 77.0 Å². The number of hydrogen-bond acceptors (Lipinski definition) is 4. The molecule has 1 N–H and O–H groups in total. The molecule has 0 aromatic heterocycles. The number of ether oxygens (including phenoxy) is 2. The predicted molar refractivity (Wildman–Crippen MR) is 106 cm³/mol. The Morgan fingerprint density at radius 2 is 1.89 bits per heavy atom. The van der Waals surface area contributed by atoms with Gasteiger partial charge in [0, 0.05) is 43.6 Å². The molecule has 152 valence electrons. The minimum atomic E-state index is -0.517. The second-order valence-corrected chi connectivity index (χ2v) is 8.24. The molecule has 1 atom stereocenters. The van der Waals surface area contributed by atoms with Gasteiger partial charge in [-0.1, -0.05) is 20.3 Å². The molecule has 28 heavy (non-hydrogen) atoms. The molecule has 2 amide bonds. The quantitative estimate of drug-likeness (QED) is 0.827. The Labute approximate surface area is 166 Å². The molecule has 6 heteroatoms. The summed E-state index contributed by atoms with van der Waals surface area (Å²) in [5.41, 5.74) is 0.689. The van der Waals surface area contributed by atoms with Crippen LogP contribution in [0.25, 0.3) is 0 Å². The number of nitrogens with zero attached hydrogens (tertiary/aromatic N) is 1. The van der Waals surface area contributed by atoms with Crippen LogP contribution in [-0.4, -0.2) is 35.1 Å². The molecule has 1 aromatic carbocycles. The lowest BCUT2D eigenvalue weighted by Gasteiger charge is -2.31. The van der Waals surface area contributed by atoms with Crippen LogP contribution < -0.4 is 14.8 Å². The zero-order valence-corrected chi connectivity index (χ0v) is 16.8. The average Bonchev–Trinajstić information content (AvgIpc) is 3.23. The minimum Gasteiger partial charge on any atom is -0.448 e. The highest BCUT2D eigenvalue weighted by Crippen LogP contribution is 2.46. The van der Waals surface area contributed by atoms with Crippen LogP contribution in [0.15, 0.2) is 18.2 Å². The van der Waals surface area contributed by atoms with E-state index in [2.05, 4.69) is 19.2 Å². The summed E-state index contributed by atoms with van der Waals surface area (Å²) in [6.45, 7) is 4.67. The fourth-order valence-corrected chi connectivity index (χ4v) is 4.70. The van der Waals surface area contributed by atoms with E-state index in [9.17, 15) is 9.59 Å². The SMILES string of the molecule is CCC(CC)N1CC(C(=O)Nc2ccc3c(c2)OC2(CCCCC2)O3)CC1=O. The molecular weight excluding hydrogens is 356 g/mol. The van der Waals surface area contributed by atoms with Gasteiger partial charge in [0.25, 0.3) is 5.79 Å². The van der Waals surface area contributed by atoms with E-state index in [0.717, 1.165) is 44.3 Å². The summed E-state index contributed by atoms with van der Waals surface area (Å²) in [5.74, 6) is 0.600. The number of nitrogens with one attached hydrogen (secondary N) is 1. The first-order chi connectivity index (χ1) is 13.5. The van der Waals surface area contributed by atoms with Gasteiger partial charge in [0.05, 0.1) is 5.92 Å². The molecule has 4 rings (SSSR count). The van der Waals surface area contributed by atoms with Gasteiger partial charge in [-0.2, -0.15) is 0 Å². The van der Waals surface area contributed by atoms with Crippen LogP contribution in [0, 0.1) is 5.92 Å². The Morgan fingerprint density at radius 3 is 2.61 bits per heavy atom. The maximum Gasteiger partial charge on any atom is 0.251 e. The predicted octanol–water partition coefficient (Wildman–Crippen LogP) is 4.09. The van der Waals surface area contributed by atoms with Crippen LogP contribution in [0.3, 0.4) is 0 Å². The van der Waals surface area contributed by atoms with Gasteiger partial charge in [0.1, 0.15) is 0 Å². The molecule has 1 saturated carbocycles. The lowest BCUT2D eigenvalue weighted by atomic mass is 9.94. The first-order valence-electron chi connectivity index (χ1n) is 10.7. The smallest absolute Gasteiger partial charge is 0.251 e. The van der Waals surface area contributed by atoms with Crippen LogP contribution in [-0.2, 0) is 9.59 Å². The summed E-state index contributed by atoms with van der Waals surface area (Å²) in [6, 6.07) is 5.77. The Morgan fingerprint density at radius 1 is 1.18 bits per heavy atom. The zero-order chi connectivity index (χ0) is 19.7. The molecule has 2 heterocycles. The number of carbonyl (C=O) groups excluding carboxylic acids is 2. The molecule has 6 nitrogen and oxygen atoms in total. The summed E-state index contributed by atoms with van der Waals surface area (Å²) in [7, 11) is 0. The first-order valence-corrected chi connectivity index (χ1v) is 10.7. The fraction of sp³-hybridized carbons (Fsp3) is 0.636. The minimum absolute atomic E-state index is 0.0822. The highest BCUT2D eigenvalue weighted by atomic mass is 16.7.